The zero-order valence-corrected chi connectivity index (χ0v) is 11.6. The molecule has 0 aromatic rings. The van der Waals surface area contributed by atoms with Gasteiger partial charge < -0.3 is 16.2 Å². The van der Waals surface area contributed by atoms with Crippen molar-refractivity contribution in [3.05, 3.63) is 0 Å². The molecule has 0 fully saturated rings. The summed E-state index contributed by atoms with van der Waals surface area (Å²) in [5, 5.41) is 11.7. The van der Waals surface area contributed by atoms with Crippen LogP contribution in [0.3, 0.4) is 0 Å². The number of amides is 1. The monoisotopic (exact) mass is 244 g/mol. The fourth-order valence-electron chi connectivity index (χ4n) is 1.85. The summed E-state index contributed by atoms with van der Waals surface area (Å²) in [5.74, 6) is -0.0839. The first kappa shape index (κ1) is 16.4. The number of hydrogen-bond acceptors (Lipinski definition) is 3. The van der Waals surface area contributed by atoms with Crippen LogP contribution in [0.2, 0.25) is 0 Å². The highest BCUT2D eigenvalue weighted by Gasteiger charge is 2.24. The summed E-state index contributed by atoms with van der Waals surface area (Å²) in [4.78, 5) is 12.0. The van der Waals surface area contributed by atoms with Crippen LogP contribution in [0.15, 0.2) is 0 Å². The summed E-state index contributed by atoms with van der Waals surface area (Å²) in [7, 11) is 0. The minimum absolute atomic E-state index is 0.0351. The van der Waals surface area contributed by atoms with Gasteiger partial charge in [0.2, 0.25) is 5.91 Å². The lowest BCUT2D eigenvalue weighted by atomic mass is 9.84. The van der Waals surface area contributed by atoms with Crippen LogP contribution in [0, 0.1) is 11.3 Å². The number of nitrogens with two attached hydrogens (primary N) is 1. The Morgan fingerprint density at radius 1 is 1.41 bits per heavy atom. The molecule has 17 heavy (non-hydrogen) atoms. The summed E-state index contributed by atoms with van der Waals surface area (Å²) < 4.78 is 0. The summed E-state index contributed by atoms with van der Waals surface area (Å²) in [6, 6.07) is 0.101. The maximum atomic E-state index is 12.0. The quantitative estimate of drug-likeness (QED) is 0.631. The Labute approximate surface area is 105 Å². The summed E-state index contributed by atoms with van der Waals surface area (Å²) >= 11 is 0. The molecule has 4 heteroatoms. The highest BCUT2D eigenvalue weighted by Crippen LogP contribution is 2.24. The second-order valence-corrected chi connectivity index (χ2v) is 5.97. The molecule has 0 aliphatic heterocycles. The fraction of sp³-hybridized carbons (Fsp3) is 0.923. The van der Waals surface area contributed by atoms with Gasteiger partial charge in [0.05, 0.1) is 5.92 Å². The standard InChI is InChI=1S/C13H28N2O2/c1-10(6-5-7-16)15-12(17)11(9-14)8-13(2,3)4/h10-11,16H,5-9,14H2,1-4H3,(H,15,17). The van der Waals surface area contributed by atoms with E-state index in [2.05, 4.69) is 26.1 Å². The maximum absolute atomic E-state index is 12.0. The smallest absolute Gasteiger partial charge is 0.224 e. The Kier molecular flexibility index (Phi) is 7.39. The molecule has 0 saturated carbocycles. The van der Waals surface area contributed by atoms with E-state index in [0.717, 1.165) is 12.8 Å². The summed E-state index contributed by atoms with van der Waals surface area (Å²) in [6.45, 7) is 8.84. The number of aliphatic hydroxyl groups excluding tert-OH is 1. The van der Waals surface area contributed by atoms with Crippen molar-refractivity contribution in [2.24, 2.45) is 17.1 Å². The van der Waals surface area contributed by atoms with E-state index in [1.165, 1.54) is 0 Å². The van der Waals surface area contributed by atoms with Crippen molar-refractivity contribution in [2.75, 3.05) is 13.2 Å². The number of carbonyl (C=O) groups excluding carboxylic acids is 1. The molecule has 0 aliphatic carbocycles. The molecule has 2 atom stereocenters. The number of carbonyl (C=O) groups is 1. The minimum Gasteiger partial charge on any atom is -0.396 e. The van der Waals surface area contributed by atoms with Crippen molar-refractivity contribution in [3.63, 3.8) is 0 Å². The molecular formula is C13H28N2O2. The highest BCUT2D eigenvalue weighted by molar-refractivity contribution is 5.79. The molecule has 0 aromatic carbocycles. The Morgan fingerprint density at radius 2 is 2.00 bits per heavy atom. The van der Waals surface area contributed by atoms with Gasteiger partial charge in [0.1, 0.15) is 0 Å². The van der Waals surface area contributed by atoms with Gasteiger partial charge in [-0.25, -0.2) is 0 Å². The van der Waals surface area contributed by atoms with E-state index < -0.39 is 0 Å². The number of rotatable bonds is 7. The zero-order valence-electron chi connectivity index (χ0n) is 11.6. The normalized spacial score (nSPS) is 15.4. The Bertz CT molecular complexity index is 224. The molecular weight excluding hydrogens is 216 g/mol. The second-order valence-electron chi connectivity index (χ2n) is 5.97. The molecule has 0 rings (SSSR count). The van der Waals surface area contributed by atoms with Gasteiger partial charge in [0.25, 0.3) is 0 Å². The minimum atomic E-state index is -0.119. The molecule has 102 valence electrons. The topological polar surface area (TPSA) is 75.3 Å². The Hall–Kier alpha value is -0.610. The van der Waals surface area contributed by atoms with Gasteiger partial charge in [0, 0.05) is 19.2 Å². The molecule has 0 spiro atoms. The highest BCUT2D eigenvalue weighted by atomic mass is 16.2. The summed E-state index contributed by atoms with van der Waals surface area (Å²) in [6.07, 6.45) is 2.31. The Morgan fingerprint density at radius 3 is 2.41 bits per heavy atom. The van der Waals surface area contributed by atoms with Gasteiger partial charge in [-0.1, -0.05) is 20.8 Å². The van der Waals surface area contributed by atoms with Crippen molar-refractivity contribution in [3.8, 4) is 0 Å². The van der Waals surface area contributed by atoms with Crippen LogP contribution in [0.4, 0.5) is 0 Å². The van der Waals surface area contributed by atoms with E-state index in [4.69, 9.17) is 10.8 Å². The molecule has 0 aliphatic rings. The third-order valence-corrected chi connectivity index (χ3v) is 2.70. The van der Waals surface area contributed by atoms with Gasteiger partial charge in [-0.15, -0.1) is 0 Å². The second kappa shape index (κ2) is 7.67. The summed E-state index contributed by atoms with van der Waals surface area (Å²) in [5.41, 5.74) is 5.76. The lowest BCUT2D eigenvalue weighted by molar-refractivity contribution is -0.126. The van der Waals surface area contributed by atoms with Crippen LogP contribution in [-0.2, 0) is 4.79 Å². The largest absolute Gasteiger partial charge is 0.396 e. The van der Waals surface area contributed by atoms with Gasteiger partial charge in [0.15, 0.2) is 0 Å². The predicted molar refractivity (Wildman–Crippen MR) is 70.5 cm³/mol. The van der Waals surface area contributed by atoms with E-state index in [0.29, 0.717) is 13.0 Å². The van der Waals surface area contributed by atoms with E-state index in [9.17, 15) is 4.79 Å². The van der Waals surface area contributed by atoms with Gasteiger partial charge in [-0.05, 0) is 31.6 Å². The average molecular weight is 244 g/mol. The van der Waals surface area contributed by atoms with Crippen molar-refractivity contribution in [1.82, 2.24) is 5.32 Å². The molecule has 4 N–H and O–H groups in total. The lowest BCUT2D eigenvalue weighted by Gasteiger charge is -2.25. The first-order valence-electron chi connectivity index (χ1n) is 6.41. The lowest BCUT2D eigenvalue weighted by Crippen LogP contribution is -2.41. The molecule has 4 nitrogen and oxygen atoms in total. The van der Waals surface area contributed by atoms with Gasteiger partial charge >= 0.3 is 0 Å². The average Bonchev–Trinajstić information content (AvgIpc) is 2.21. The van der Waals surface area contributed by atoms with Crippen LogP contribution in [0.25, 0.3) is 0 Å². The van der Waals surface area contributed by atoms with E-state index in [1.807, 2.05) is 6.92 Å². The van der Waals surface area contributed by atoms with Crippen molar-refractivity contribution >= 4 is 5.91 Å². The predicted octanol–water partition coefficient (Wildman–Crippen LogP) is 1.27. The van der Waals surface area contributed by atoms with Crippen molar-refractivity contribution < 1.29 is 9.90 Å². The first-order valence-corrected chi connectivity index (χ1v) is 6.41. The molecule has 0 radical (unpaired) electrons. The third kappa shape index (κ3) is 8.16. The number of nitrogens with one attached hydrogen (secondary N) is 1. The number of hydrogen-bond donors (Lipinski definition) is 3. The van der Waals surface area contributed by atoms with Crippen LogP contribution in [0.1, 0.15) is 47.0 Å². The molecule has 0 saturated heterocycles. The molecule has 0 aromatic heterocycles. The van der Waals surface area contributed by atoms with Crippen LogP contribution in [0.5, 0.6) is 0 Å². The molecule has 2 unspecified atom stereocenters. The molecule has 0 heterocycles. The van der Waals surface area contributed by atoms with E-state index >= 15 is 0 Å². The Balaban J connectivity index is 4.16. The van der Waals surface area contributed by atoms with E-state index in [-0.39, 0.29) is 29.9 Å². The van der Waals surface area contributed by atoms with Crippen molar-refractivity contribution in [1.29, 1.82) is 0 Å². The van der Waals surface area contributed by atoms with Crippen LogP contribution in [-0.4, -0.2) is 30.2 Å². The fourth-order valence-corrected chi connectivity index (χ4v) is 1.85. The van der Waals surface area contributed by atoms with Gasteiger partial charge in [-0.3, -0.25) is 4.79 Å². The van der Waals surface area contributed by atoms with E-state index in [1.54, 1.807) is 0 Å². The maximum Gasteiger partial charge on any atom is 0.224 e. The van der Waals surface area contributed by atoms with Crippen LogP contribution < -0.4 is 11.1 Å². The van der Waals surface area contributed by atoms with Crippen LogP contribution >= 0.6 is 0 Å². The third-order valence-electron chi connectivity index (χ3n) is 2.70. The molecule has 0 bridgehead atoms. The molecule has 1 amide bonds. The van der Waals surface area contributed by atoms with Gasteiger partial charge in [-0.2, -0.15) is 0 Å². The first-order chi connectivity index (χ1) is 7.80. The zero-order chi connectivity index (χ0) is 13.5. The SMILES string of the molecule is CC(CCCO)NC(=O)C(CN)CC(C)(C)C. The number of aliphatic hydroxyl groups is 1. The van der Waals surface area contributed by atoms with Crippen molar-refractivity contribution in [2.45, 2.75) is 53.0 Å².